The summed E-state index contributed by atoms with van der Waals surface area (Å²) in [6.45, 7) is 4.09. The molecule has 3 aromatic rings. The molecule has 0 fully saturated rings. The van der Waals surface area contributed by atoms with Crippen LogP contribution in [0.15, 0.2) is 22.2 Å². The lowest BCUT2D eigenvalue weighted by Gasteiger charge is -2.01. The van der Waals surface area contributed by atoms with Crippen LogP contribution >= 0.6 is 38.6 Å². The molecule has 3 aromatic heterocycles. The monoisotopic (exact) mass is 397 g/mol. The van der Waals surface area contributed by atoms with E-state index in [4.69, 9.17) is 0 Å². The van der Waals surface area contributed by atoms with E-state index in [1.165, 1.54) is 11.3 Å². The number of anilines is 1. The summed E-state index contributed by atoms with van der Waals surface area (Å²) >= 11 is 6.31. The number of carbonyl (C=O) groups is 1. The van der Waals surface area contributed by atoms with Gasteiger partial charge in [-0.25, -0.2) is 9.97 Å². The van der Waals surface area contributed by atoms with Crippen LogP contribution in [0, 0.1) is 13.8 Å². The molecule has 9 heteroatoms. The van der Waals surface area contributed by atoms with Crippen molar-refractivity contribution in [3.8, 4) is 10.6 Å². The van der Waals surface area contributed by atoms with Crippen molar-refractivity contribution in [1.29, 1.82) is 0 Å². The highest BCUT2D eigenvalue weighted by molar-refractivity contribution is 9.10. The minimum atomic E-state index is -0.159. The Morgan fingerprint density at radius 1 is 1.41 bits per heavy atom. The zero-order chi connectivity index (χ0) is 15.7. The molecular weight excluding hydrogens is 386 g/mol. The minimum absolute atomic E-state index is 0.152. The first-order valence-electron chi connectivity index (χ1n) is 6.39. The molecule has 0 atom stereocenters. The Bertz CT molecular complexity index is 822. The lowest BCUT2D eigenvalue weighted by molar-refractivity contribution is -0.116. The summed E-state index contributed by atoms with van der Waals surface area (Å²) < 4.78 is 2.40. The second-order valence-corrected chi connectivity index (χ2v) is 7.57. The van der Waals surface area contributed by atoms with E-state index >= 15 is 0 Å². The third-order valence-electron chi connectivity index (χ3n) is 2.79. The van der Waals surface area contributed by atoms with Crippen LogP contribution in [-0.2, 0) is 11.3 Å². The number of hydrogen-bond acceptors (Lipinski definition) is 6. The molecule has 0 unspecified atom stereocenters. The Balaban J connectivity index is 1.69. The Morgan fingerprint density at radius 3 is 2.86 bits per heavy atom. The summed E-state index contributed by atoms with van der Waals surface area (Å²) in [5.74, 6) is -0.159. The van der Waals surface area contributed by atoms with Gasteiger partial charge in [-0.3, -0.25) is 9.48 Å². The second kappa shape index (κ2) is 6.27. The van der Waals surface area contributed by atoms with Crippen LogP contribution in [0.1, 0.15) is 10.7 Å². The Morgan fingerprint density at radius 2 is 2.23 bits per heavy atom. The number of aromatic nitrogens is 4. The van der Waals surface area contributed by atoms with E-state index in [0.717, 1.165) is 25.7 Å². The summed E-state index contributed by atoms with van der Waals surface area (Å²) in [5.41, 5.74) is 1.82. The predicted molar refractivity (Wildman–Crippen MR) is 91.3 cm³/mol. The number of aryl methyl sites for hydroxylation is 2. The second-order valence-electron chi connectivity index (χ2n) is 4.59. The summed E-state index contributed by atoms with van der Waals surface area (Å²) in [5, 5.41) is 10.4. The number of halogens is 1. The van der Waals surface area contributed by atoms with E-state index in [1.54, 1.807) is 28.4 Å². The molecule has 3 rings (SSSR count). The molecule has 22 heavy (non-hydrogen) atoms. The van der Waals surface area contributed by atoms with Crippen molar-refractivity contribution in [3.05, 3.63) is 32.9 Å². The van der Waals surface area contributed by atoms with E-state index in [0.29, 0.717) is 5.13 Å². The molecular formula is C13H12BrN5OS2. The zero-order valence-corrected chi connectivity index (χ0v) is 15.0. The van der Waals surface area contributed by atoms with Gasteiger partial charge in [0.25, 0.3) is 0 Å². The Labute approximate surface area is 143 Å². The number of rotatable bonds is 4. The molecule has 0 radical (unpaired) electrons. The molecule has 6 nitrogen and oxygen atoms in total. The molecule has 0 aliphatic carbocycles. The van der Waals surface area contributed by atoms with E-state index in [2.05, 4.69) is 36.3 Å². The predicted octanol–water partition coefficient (Wildman–Crippen LogP) is 3.48. The highest BCUT2D eigenvalue weighted by Crippen LogP contribution is 2.31. The Kier molecular flexibility index (Phi) is 4.37. The van der Waals surface area contributed by atoms with Gasteiger partial charge in [-0.15, -0.1) is 22.7 Å². The maximum atomic E-state index is 12.0. The summed E-state index contributed by atoms with van der Waals surface area (Å²) in [7, 11) is 0. The molecule has 0 saturated heterocycles. The summed E-state index contributed by atoms with van der Waals surface area (Å²) in [6.07, 6.45) is 3.39. The standard InChI is InChI=1S/C13H12BrN5OS2/c1-7-12(22-8(2)16-7)10-6-21-13(17-10)18-11(20)5-19-4-9(14)3-15-19/h3-4,6H,5H2,1-2H3,(H,17,18,20). The van der Waals surface area contributed by atoms with Crippen LogP contribution in [-0.4, -0.2) is 25.7 Å². The van der Waals surface area contributed by atoms with Gasteiger partial charge in [0.2, 0.25) is 5.91 Å². The van der Waals surface area contributed by atoms with Gasteiger partial charge in [0, 0.05) is 11.6 Å². The Hall–Kier alpha value is -1.58. The van der Waals surface area contributed by atoms with Crippen LogP contribution in [0.4, 0.5) is 5.13 Å². The van der Waals surface area contributed by atoms with E-state index in [1.807, 2.05) is 19.2 Å². The van der Waals surface area contributed by atoms with Crippen molar-refractivity contribution in [2.45, 2.75) is 20.4 Å². The third-order valence-corrected chi connectivity index (χ3v) is 5.06. The molecule has 0 saturated carbocycles. The highest BCUT2D eigenvalue weighted by Gasteiger charge is 2.13. The molecule has 1 N–H and O–H groups in total. The van der Waals surface area contributed by atoms with Crippen molar-refractivity contribution in [2.75, 3.05) is 5.32 Å². The molecule has 3 heterocycles. The fourth-order valence-electron chi connectivity index (χ4n) is 1.94. The first-order valence-corrected chi connectivity index (χ1v) is 8.88. The average molecular weight is 398 g/mol. The summed E-state index contributed by atoms with van der Waals surface area (Å²) in [6, 6.07) is 0. The molecule has 0 aliphatic rings. The fraction of sp³-hybridized carbons (Fsp3) is 0.231. The third kappa shape index (κ3) is 3.42. The van der Waals surface area contributed by atoms with Gasteiger partial charge in [-0.1, -0.05) is 0 Å². The number of hydrogen-bond donors (Lipinski definition) is 1. The van der Waals surface area contributed by atoms with Crippen LogP contribution in [0.2, 0.25) is 0 Å². The van der Waals surface area contributed by atoms with E-state index < -0.39 is 0 Å². The highest BCUT2D eigenvalue weighted by atomic mass is 79.9. The average Bonchev–Trinajstić information content (AvgIpc) is 3.12. The molecule has 0 spiro atoms. The van der Waals surface area contributed by atoms with Gasteiger partial charge >= 0.3 is 0 Å². The summed E-state index contributed by atoms with van der Waals surface area (Å²) in [4.78, 5) is 21.9. The normalized spacial score (nSPS) is 10.9. The van der Waals surface area contributed by atoms with Gasteiger partial charge in [0.1, 0.15) is 6.54 Å². The van der Waals surface area contributed by atoms with Gasteiger partial charge in [-0.2, -0.15) is 5.10 Å². The van der Waals surface area contributed by atoms with Crippen LogP contribution < -0.4 is 5.32 Å². The van der Waals surface area contributed by atoms with Crippen LogP contribution in [0.5, 0.6) is 0 Å². The number of nitrogens with one attached hydrogen (secondary N) is 1. The quantitative estimate of drug-likeness (QED) is 0.731. The van der Waals surface area contributed by atoms with E-state index in [-0.39, 0.29) is 12.5 Å². The van der Waals surface area contributed by atoms with Gasteiger partial charge in [0.05, 0.1) is 31.9 Å². The smallest absolute Gasteiger partial charge is 0.247 e. The van der Waals surface area contributed by atoms with Crippen LogP contribution in [0.25, 0.3) is 10.6 Å². The molecule has 1 amide bonds. The molecule has 0 aromatic carbocycles. The molecule has 0 aliphatic heterocycles. The first kappa shape index (κ1) is 15.3. The number of amides is 1. The van der Waals surface area contributed by atoms with Crippen molar-refractivity contribution in [2.24, 2.45) is 0 Å². The van der Waals surface area contributed by atoms with Crippen molar-refractivity contribution in [1.82, 2.24) is 19.7 Å². The number of thiazole rings is 2. The molecule has 114 valence electrons. The topological polar surface area (TPSA) is 72.7 Å². The lowest BCUT2D eigenvalue weighted by atomic mass is 10.3. The van der Waals surface area contributed by atoms with E-state index in [9.17, 15) is 4.79 Å². The fourth-order valence-corrected chi connectivity index (χ4v) is 3.94. The minimum Gasteiger partial charge on any atom is -0.300 e. The number of carbonyl (C=O) groups excluding carboxylic acids is 1. The maximum Gasteiger partial charge on any atom is 0.247 e. The maximum absolute atomic E-state index is 12.0. The van der Waals surface area contributed by atoms with Gasteiger partial charge < -0.3 is 5.32 Å². The zero-order valence-electron chi connectivity index (χ0n) is 11.8. The lowest BCUT2D eigenvalue weighted by Crippen LogP contribution is -2.18. The molecule has 0 bridgehead atoms. The largest absolute Gasteiger partial charge is 0.300 e. The van der Waals surface area contributed by atoms with Crippen LogP contribution in [0.3, 0.4) is 0 Å². The van der Waals surface area contributed by atoms with Gasteiger partial charge in [0.15, 0.2) is 5.13 Å². The van der Waals surface area contributed by atoms with Crippen molar-refractivity contribution >= 4 is 49.6 Å². The van der Waals surface area contributed by atoms with Crippen molar-refractivity contribution < 1.29 is 4.79 Å². The number of nitrogens with zero attached hydrogens (tertiary/aromatic N) is 4. The van der Waals surface area contributed by atoms with Gasteiger partial charge in [-0.05, 0) is 29.8 Å². The van der Waals surface area contributed by atoms with Crippen molar-refractivity contribution in [3.63, 3.8) is 0 Å². The SMILES string of the molecule is Cc1nc(C)c(-c2csc(NC(=O)Cn3cc(Br)cn3)n2)s1. The first-order chi connectivity index (χ1) is 10.5.